The molecule has 6 nitrogen and oxygen atoms in total. The fraction of sp³-hybridized carbons (Fsp3) is 0.167. The molecule has 3 rings (SSSR count). The fourth-order valence-electron chi connectivity index (χ4n) is 2.49. The third-order valence-corrected chi connectivity index (χ3v) is 3.69. The molecule has 0 saturated heterocycles. The summed E-state index contributed by atoms with van der Waals surface area (Å²) in [5.41, 5.74) is 7.55. The van der Waals surface area contributed by atoms with E-state index >= 15 is 0 Å². The Morgan fingerprint density at radius 1 is 1.12 bits per heavy atom. The van der Waals surface area contributed by atoms with E-state index in [1.54, 1.807) is 12.3 Å². The number of pyridine rings is 1. The van der Waals surface area contributed by atoms with E-state index in [2.05, 4.69) is 32.0 Å². The van der Waals surface area contributed by atoms with E-state index in [0.717, 1.165) is 24.5 Å². The smallest absolute Gasteiger partial charge is 0.267 e. The Hall–Kier alpha value is -3.15. The Morgan fingerprint density at radius 3 is 2.75 bits per heavy atom. The van der Waals surface area contributed by atoms with Gasteiger partial charge in [0.2, 0.25) is 0 Å². The van der Waals surface area contributed by atoms with Crippen LogP contribution in [0.15, 0.2) is 61.1 Å². The second-order valence-corrected chi connectivity index (χ2v) is 5.43. The molecule has 0 fully saturated rings. The van der Waals surface area contributed by atoms with Crippen molar-refractivity contribution in [2.45, 2.75) is 13.0 Å². The molecule has 2 heterocycles. The summed E-state index contributed by atoms with van der Waals surface area (Å²) in [4.78, 5) is 19.5. The summed E-state index contributed by atoms with van der Waals surface area (Å²) < 4.78 is 2.14. The maximum absolute atomic E-state index is 11.2. The van der Waals surface area contributed by atoms with Crippen molar-refractivity contribution in [3.63, 3.8) is 0 Å². The Balaban J connectivity index is 1.59. The molecule has 0 spiro atoms. The lowest BCUT2D eigenvalue weighted by Gasteiger charge is -2.10. The highest BCUT2D eigenvalue weighted by Gasteiger charge is 2.05. The number of nitrogens with one attached hydrogen (secondary N) is 1. The van der Waals surface area contributed by atoms with Crippen LogP contribution in [0.2, 0.25) is 0 Å². The third kappa shape index (κ3) is 3.98. The van der Waals surface area contributed by atoms with Gasteiger partial charge in [-0.15, -0.1) is 0 Å². The zero-order chi connectivity index (χ0) is 16.8. The van der Waals surface area contributed by atoms with Crippen LogP contribution in [0.4, 0.5) is 5.69 Å². The fourth-order valence-corrected chi connectivity index (χ4v) is 2.49. The van der Waals surface area contributed by atoms with Crippen molar-refractivity contribution >= 4 is 11.6 Å². The first-order valence-electron chi connectivity index (χ1n) is 7.76. The van der Waals surface area contributed by atoms with Gasteiger partial charge in [-0.1, -0.05) is 30.3 Å². The molecule has 6 heteroatoms. The van der Waals surface area contributed by atoms with Gasteiger partial charge in [0.05, 0.1) is 0 Å². The number of carbonyl (C=O) groups is 1. The number of imidazole rings is 1. The monoisotopic (exact) mass is 321 g/mol. The van der Waals surface area contributed by atoms with Crippen LogP contribution in [-0.2, 0) is 13.0 Å². The van der Waals surface area contributed by atoms with Gasteiger partial charge in [-0.05, 0) is 17.7 Å². The average Bonchev–Trinajstić information content (AvgIpc) is 3.03. The number of nitrogens with zero attached hydrogens (tertiary/aromatic N) is 3. The van der Waals surface area contributed by atoms with E-state index in [-0.39, 0.29) is 5.69 Å². The first-order valence-corrected chi connectivity index (χ1v) is 7.76. The van der Waals surface area contributed by atoms with Gasteiger partial charge in [0, 0.05) is 43.8 Å². The Kier molecular flexibility index (Phi) is 4.86. The zero-order valence-electron chi connectivity index (χ0n) is 13.2. The molecule has 0 unspecified atom stereocenters. The minimum atomic E-state index is -0.531. The van der Waals surface area contributed by atoms with Gasteiger partial charge >= 0.3 is 0 Å². The van der Waals surface area contributed by atoms with Crippen LogP contribution in [-0.4, -0.2) is 27.0 Å². The number of primary amides is 1. The number of amides is 1. The minimum absolute atomic E-state index is 0.255. The highest BCUT2D eigenvalue weighted by molar-refractivity contribution is 5.91. The van der Waals surface area contributed by atoms with E-state index in [1.165, 1.54) is 5.56 Å². The van der Waals surface area contributed by atoms with Crippen molar-refractivity contribution in [3.05, 3.63) is 78.1 Å². The molecule has 0 aliphatic rings. The quantitative estimate of drug-likeness (QED) is 0.697. The number of carbonyl (C=O) groups excluding carboxylic acids is 1. The molecule has 0 saturated carbocycles. The van der Waals surface area contributed by atoms with Crippen molar-refractivity contribution in [1.82, 2.24) is 14.5 Å². The number of nitrogens with two attached hydrogens (primary N) is 1. The van der Waals surface area contributed by atoms with Crippen molar-refractivity contribution in [3.8, 4) is 0 Å². The van der Waals surface area contributed by atoms with Gasteiger partial charge in [0.1, 0.15) is 11.5 Å². The molecule has 0 aliphatic carbocycles. The minimum Gasteiger partial charge on any atom is -0.384 e. The topological polar surface area (TPSA) is 85.8 Å². The zero-order valence-corrected chi connectivity index (χ0v) is 13.2. The van der Waals surface area contributed by atoms with Crippen molar-refractivity contribution in [2.24, 2.45) is 5.73 Å². The number of benzene rings is 1. The molecule has 0 atom stereocenters. The predicted octanol–water partition coefficient (Wildman–Crippen LogP) is 2.08. The first-order chi connectivity index (χ1) is 11.7. The molecule has 24 heavy (non-hydrogen) atoms. The standard InChI is InChI=1S/C18H19N5O/c19-18(24)16-12-15(6-8-21-16)20-9-7-17-22-10-11-23(17)13-14-4-2-1-3-5-14/h1-6,8,10-12H,7,9,13H2,(H2,19,24)(H,20,21). The van der Waals surface area contributed by atoms with E-state index in [9.17, 15) is 4.79 Å². The lowest BCUT2D eigenvalue weighted by atomic mass is 10.2. The van der Waals surface area contributed by atoms with Gasteiger partial charge in [-0.2, -0.15) is 0 Å². The van der Waals surface area contributed by atoms with Crippen LogP contribution in [0.1, 0.15) is 21.9 Å². The third-order valence-electron chi connectivity index (χ3n) is 3.69. The molecule has 122 valence electrons. The van der Waals surface area contributed by atoms with E-state index in [0.29, 0.717) is 6.54 Å². The second-order valence-electron chi connectivity index (χ2n) is 5.43. The normalized spacial score (nSPS) is 10.5. The van der Waals surface area contributed by atoms with Crippen molar-refractivity contribution in [2.75, 3.05) is 11.9 Å². The lowest BCUT2D eigenvalue weighted by Crippen LogP contribution is -2.14. The molecule has 0 aliphatic heterocycles. The highest BCUT2D eigenvalue weighted by atomic mass is 16.1. The molecule has 0 bridgehead atoms. The maximum atomic E-state index is 11.2. The van der Waals surface area contributed by atoms with Gasteiger partial charge in [-0.25, -0.2) is 4.98 Å². The molecule has 1 amide bonds. The van der Waals surface area contributed by atoms with E-state index < -0.39 is 5.91 Å². The van der Waals surface area contributed by atoms with Crippen molar-refractivity contribution in [1.29, 1.82) is 0 Å². The molecule has 3 N–H and O–H groups in total. The Morgan fingerprint density at radius 2 is 1.96 bits per heavy atom. The van der Waals surface area contributed by atoms with Crippen LogP contribution >= 0.6 is 0 Å². The van der Waals surface area contributed by atoms with Crippen LogP contribution in [0.25, 0.3) is 0 Å². The van der Waals surface area contributed by atoms with Crippen LogP contribution in [0, 0.1) is 0 Å². The summed E-state index contributed by atoms with van der Waals surface area (Å²) in [6.45, 7) is 1.51. The molecule has 1 aromatic carbocycles. The van der Waals surface area contributed by atoms with Gasteiger partial charge in [0.15, 0.2) is 0 Å². The highest BCUT2D eigenvalue weighted by Crippen LogP contribution is 2.09. The predicted molar refractivity (Wildman–Crippen MR) is 92.7 cm³/mol. The van der Waals surface area contributed by atoms with E-state index in [1.807, 2.05) is 36.7 Å². The summed E-state index contributed by atoms with van der Waals surface area (Å²) >= 11 is 0. The van der Waals surface area contributed by atoms with E-state index in [4.69, 9.17) is 5.73 Å². The first kappa shape index (κ1) is 15.7. The molecule has 2 aromatic heterocycles. The summed E-state index contributed by atoms with van der Waals surface area (Å²) in [6, 6.07) is 13.7. The Bertz CT molecular complexity index is 813. The molecule has 0 radical (unpaired) electrons. The SMILES string of the molecule is NC(=O)c1cc(NCCc2nccn2Cc2ccccc2)ccn1. The van der Waals surface area contributed by atoms with Crippen LogP contribution in [0.3, 0.4) is 0 Å². The molecule has 3 aromatic rings. The summed E-state index contributed by atoms with van der Waals surface area (Å²) in [5, 5.41) is 3.27. The van der Waals surface area contributed by atoms with Crippen molar-refractivity contribution < 1.29 is 4.79 Å². The molecular weight excluding hydrogens is 302 g/mol. The summed E-state index contributed by atoms with van der Waals surface area (Å²) in [5.74, 6) is 0.479. The van der Waals surface area contributed by atoms with Gasteiger partial charge < -0.3 is 15.6 Å². The Labute approximate surface area is 140 Å². The summed E-state index contributed by atoms with van der Waals surface area (Å²) in [6.07, 6.45) is 6.14. The molecular formula is C18H19N5O. The summed E-state index contributed by atoms with van der Waals surface area (Å²) in [7, 11) is 0. The number of anilines is 1. The van der Waals surface area contributed by atoms with Gasteiger partial charge in [-0.3, -0.25) is 9.78 Å². The van der Waals surface area contributed by atoms with Crippen LogP contribution in [0.5, 0.6) is 0 Å². The largest absolute Gasteiger partial charge is 0.384 e. The average molecular weight is 321 g/mol. The number of hydrogen-bond acceptors (Lipinski definition) is 4. The maximum Gasteiger partial charge on any atom is 0.267 e. The van der Waals surface area contributed by atoms with Crippen LogP contribution < -0.4 is 11.1 Å². The number of hydrogen-bond donors (Lipinski definition) is 2. The second kappa shape index (κ2) is 7.41. The number of aromatic nitrogens is 3. The van der Waals surface area contributed by atoms with Gasteiger partial charge in [0.25, 0.3) is 5.91 Å². The number of rotatable bonds is 7. The lowest BCUT2D eigenvalue weighted by molar-refractivity contribution is 0.0995.